The van der Waals surface area contributed by atoms with Crippen LogP contribution in [0.15, 0.2) is 71.4 Å². The number of para-hydroxylation sites is 1. The number of carbonyl (C=O) groups is 4. The van der Waals surface area contributed by atoms with E-state index in [0.29, 0.717) is 17.2 Å². The third-order valence-electron chi connectivity index (χ3n) is 5.63. The van der Waals surface area contributed by atoms with Crippen molar-refractivity contribution in [1.29, 1.82) is 0 Å². The summed E-state index contributed by atoms with van der Waals surface area (Å²) in [5.74, 6) is -1.23. The molecule has 1 aromatic carbocycles. The van der Waals surface area contributed by atoms with Gasteiger partial charge in [-0.25, -0.2) is 4.79 Å². The third kappa shape index (κ3) is 5.03. The lowest BCUT2D eigenvalue weighted by Crippen LogP contribution is -2.56. The lowest BCUT2D eigenvalue weighted by molar-refractivity contribution is -0.427. The molecular weight excluding hydrogens is 436 g/mol. The van der Waals surface area contributed by atoms with E-state index in [1.807, 2.05) is 25.1 Å². The summed E-state index contributed by atoms with van der Waals surface area (Å²) in [5, 5.41) is 5.51. The summed E-state index contributed by atoms with van der Waals surface area (Å²) < 4.78 is 6.47. The van der Waals surface area contributed by atoms with Crippen molar-refractivity contribution in [2.45, 2.75) is 19.9 Å². The number of rotatable bonds is 8. The first kappa shape index (κ1) is 22.9. The van der Waals surface area contributed by atoms with Gasteiger partial charge in [0, 0.05) is 5.69 Å². The van der Waals surface area contributed by atoms with Crippen LogP contribution in [-0.4, -0.2) is 52.0 Å². The van der Waals surface area contributed by atoms with E-state index in [9.17, 15) is 19.2 Å². The zero-order valence-electron chi connectivity index (χ0n) is 18.7. The predicted molar refractivity (Wildman–Crippen MR) is 124 cm³/mol. The molecule has 0 saturated carbocycles. The Bertz CT molecular complexity index is 1210. The second kappa shape index (κ2) is 10.1. The van der Waals surface area contributed by atoms with Crippen LogP contribution in [0.25, 0.3) is 0 Å². The molecule has 4 rings (SSSR count). The van der Waals surface area contributed by atoms with Crippen molar-refractivity contribution >= 4 is 35.2 Å². The molecule has 0 spiro atoms. The highest BCUT2D eigenvalue weighted by Gasteiger charge is 2.47. The van der Waals surface area contributed by atoms with Gasteiger partial charge in [-0.05, 0) is 36.8 Å². The molecule has 2 N–H and O–H groups in total. The molecule has 0 radical (unpaired) electrons. The Labute approximate surface area is 196 Å². The smallest absolute Gasteiger partial charge is 0.467 e. The predicted octanol–water partition coefficient (Wildman–Crippen LogP) is 2.39. The SMILES string of the molecule is Cc1ccccc1NC(=O)C[N+]1=C2C=CC=CC2C(=O)N(CCC(=O)NCc2ccco2)C1=O. The molecule has 0 saturated heterocycles. The van der Waals surface area contributed by atoms with Gasteiger partial charge in [-0.3, -0.25) is 9.59 Å². The standard InChI is InChI=1S/C25H24N4O5/c1-17-7-2-4-10-20(17)27-23(31)16-29-21-11-5-3-9-19(21)24(32)28(25(29)33)13-12-22(30)26-15-18-8-6-14-34-18/h2-11,14,19H,12-13,15-16H2,1H3,(H-,26,27,30,31)/p+1. The van der Waals surface area contributed by atoms with Crippen LogP contribution >= 0.6 is 0 Å². The molecule has 34 heavy (non-hydrogen) atoms. The van der Waals surface area contributed by atoms with Crippen LogP contribution in [0, 0.1) is 12.8 Å². The highest BCUT2D eigenvalue weighted by molar-refractivity contribution is 6.17. The van der Waals surface area contributed by atoms with Crippen LogP contribution in [0.4, 0.5) is 10.5 Å². The van der Waals surface area contributed by atoms with Crippen molar-refractivity contribution < 1.29 is 28.2 Å². The average molecular weight is 461 g/mol. The van der Waals surface area contributed by atoms with Crippen molar-refractivity contribution in [3.63, 3.8) is 0 Å². The van der Waals surface area contributed by atoms with Crippen molar-refractivity contribution in [2.24, 2.45) is 5.92 Å². The van der Waals surface area contributed by atoms with Gasteiger partial charge in [0.2, 0.25) is 5.91 Å². The zero-order valence-corrected chi connectivity index (χ0v) is 18.7. The summed E-state index contributed by atoms with van der Waals surface area (Å²) in [6.07, 6.45) is 8.23. The number of furan rings is 1. The fourth-order valence-electron chi connectivity index (χ4n) is 3.83. The van der Waals surface area contributed by atoms with Crippen molar-refractivity contribution in [3.05, 3.63) is 78.3 Å². The van der Waals surface area contributed by atoms with Crippen molar-refractivity contribution in [3.8, 4) is 0 Å². The first-order valence-corrected chi connectivity index (χ1v) is 10.9. The molecule has 0 fully saturated rings. The van der Waals surface area contributed by atoms with Crippen LogP contribution in [0.2, 0.25) is 0 Å². The lowest BCUT2D eigenvalue weighted by Gasteiger charge is -2.26. The molecule has 5 amide bonds. The van der Waals surface area contributed by atoms with E-state index in [1.165, 1.54) is 10.8 Å². The minimum Gasteiger partial charge on any atom is -0.467 e. The fraction of sp³-hybridized carbons (Fsp3) is 0.240. The van der Waals surface area contributed by atoms with Gasteiger partial charge in [0.1, 0.15) is 23.9 Å². The summed E-state index contributed by atoms with van der Waals surface area (Å²) in [5.41, 5.74) is 1.99. The van der Waals surface area contributed by atoms with E-state index in [-0.39, 0.29) is 37.9 Å². The maximum atomic E-state index is 13.2. The second-order valence-electron chi connectivity index (χ2n) is 7.97. The van der Waals surface area contributed by atoms with Crippen LogP contribution in [0.3, 0.4) is 0 Å². The number of carbonyl (C=O) groups excluding carboxylic acids is 4. The Morgan fingerprint density at radius 3 is 2.68 bits per heavy atom. The Morgan fingerprint density at radius 2 is 1.91 bits per heavy atom. The molecule has 174 valence electrons. The van der Waals surface area contributed by atoms with Gasteiger partial charge in [-0.15, -0.1) is 0 Å². The van der Waals surface area contributed by atoms with E-state index >= 15 is 0 Å². The van der Waals surface area contributed by atoms with Gasteiger partial charge in [0.15, 0.2) is 6.54 Å². The van der Waals surface area contributed by atoms with E-state index in [4.69, 9.17) is 4.42 Å². The molecule has 1 unspecified atom stereocenters. The Hall–Kier alpha value is -4.27. The number of benzene rings is 1. The molecular formula is C25H25N4O5+. The summed E-state index contributed by atoms with van der Waals surface area (Å²) in [7, 11) is 0. The maximum Gasteiger partial charge on any atom is 0.501 e. The molecule has 9 heteroatoms. The molecule has 1 aliphatic heterocycles. The highest BCUT2D eigenvalue weighted by Crippen LogP contribution is 2.20. The van der Waals surface area contributed by atoms with Gasteiger partial charge < -0.3 is 15.1 Å². The van der Waals surface area contributed by atoms with Gasteiger partial charge in [-0.2, -0.15) is 14.3 Å². The topological polar surface area (TPSA) is 112 Å². The Balaban J connectivity index is 1.46. The number of hydrogen-bond donors (Lipinski definition) is 2. The molecule has 2 aliphatic rings. The van der Waals surface area contributed by atoms with Crippen molar-refractivity contribution in [1.82, 2.24) is 10.2 Å². The number of aryl methyl sites for hydroxylation is 1. The Kier molecular flexibility index (Phi) is 6.82. The zero-order chi connectivity index (χ0) is 24.1. The second-order valence-corrected chi connectivity index (χ2v) is 7.97. The molecule has 0 bridgehead atoms. The highest BCUT2D eigenvalue weighted by atomic mass is 16.3. The average Bonchev–Trinajstić information content (AvgIpc) is 3.36. The summed E-state index contributed by atoms with van der Waals surface area (Å²) in [4.78, 5) is 52.3. The molecule has 9 nitrogen and oxygen atoms in total. The molecule has 2 aromatic rings. The lowest BCUT2D eigenvalue weighted by atomic mass is 9.94. The summed E-state index contributed by atoms with van der Waals surface area (Å²) in [6, 6.07) is 10.2. The third-order valence-corrected chi connectivity index (χ3v) is 5.63. The quantitative estimate of drug-likeness (QED) is 0.587. The van der Waals surface area contributed by atoms with Crippen LogP contribution in [-0.2, 0) is 20.9 Å². The van der Waals surface area contributed by atoms with Gasteiger partial charge in [0.05, 0.1) is 19.2 Å². The van der Waals surface area contributed by atoms with Crippen LogP contribution in [0.1, 0.15) is 17.7 Å². The summed E-state index contributed by atoms with van der Waals surface area (Å²) in [6.45, 7) is 1.73. The number of nitrogens with one attached hydrogen (secondary N) is 2. The monoisotopic (exact) mass is 461 g/mol. The van der Waals surface area contributed by atoms with Crippen LogP contribution in [0.5, 0.6) is 0 Å². The van der Waals surface area contributed by atoms with E-state index in [0.717, 1.165) is 10.5 Å². The van der Waals surface area contributed by atoms with Crippen LogP contribution < -0.4 is 10.6 Å². The van der Waals surface area contributed by atoms with E-state index < -0.39 is 17.9 Å². The number of urea groups is 1. The van der Waals surface area contributed by atoms with Gasteiger partial charge >= 0.3 is 11.9 Å². The number of imide groups is 1. The van der Waals surface area contributed by atoms with Crippen molar-refractivity contribution in [2.75, 3.05) is 18.4 Å². The number of allylic oxidation sites excluding steroid dienone is 3. The maximum absolute atomic E-state index is 13.2. The minimum atomic E-state index is -0.694. The minimum absolute atomic E-state index is 0.0664. The Morgan fingerprint density at radius 1 is 1.09 bits per heavy atom. The molecule has 2 heterocycles. The summed E-state index contributed by atoms with van der Waals surface area (Å²) >= 11 is 0. The van der Waals surface area contributed by atoms with Gasteiger partial charge in [0.25, 0.3) is 5.91 Å². The van der Waals surface area contributed by atoms with E-state index in [2.05, 4.69) is 10.6 Å². The molecule has 1 atom stereocenters. The number of anilines is 1. The fourth-order valence-corrected chi connectivity index (χ4v) is 3.83. The first-order chi connectivity index (χ1) is 16.4. The van der Waals surface area contributed by atoms with E-state index in [1.54, 1.807) is 42.5 Å². The number of amides is 5. The number of hydrogen-bond acceptors (Lipinski definition) is 5. The van der Waals surface area contributed by atoms with Gasteiger partial charge in [-0.1, -0.05) is 36.4 Å². The largest absolute Gasteiger partial charge is 0.501 e. The normalized spacial score (nSPS) is 17.1. The number of nitrogens with zero attached hydrogens (tertiary/aromatic N) is 2. The molecule has 1 aliphatic carbocycles. The first-order valence-electron chi connectivity index (χ1n) is 10.9. The number of fused-ring (bicyclic) bond motifs is 1. The molecule has 1 aromatic heterocycles.